The van der Waals surface area contributed by atoms with E-state index in [2.05, 4.69) is 15.1 Å². The summed E-state index contributed by atoms with van der Waals surface area (Å²) < 4.78 is 7.16. The van der Waals surface area contributed by atoms with Crippen molar-refractivity contribution in [3.05, 3.63) is 35.2 Å². The van der Waals surface area contributed by atoms with E-state index in [0.29, 0.717) is 18.9 Å². The molecule has 4 rings (SSSR count). The van der Waals surface area contributed by atoms with Crippen LogP contribution in [0.15, 0.2) is 22.3 Å². The molecule has 1 aliphatic heterocycles. The number of amides is 1. The minimum Gasteiger partial charge on any atom is -0.342 e. The first-order chi connectivity index (χ1) is 11.7. The van der Waals surface area contributed by atoms with Gasteiger partial charge in [0, 0.05) is 43.2 Å². The number of aryl methyl sites for hydroxylation is 1. The summed E-state index contributed by atoms with van der Waals surface area (Å²) in [4.78, 5) is 24.4. The molecular weight excluding hydrogens is 326 g/mol. The molecule has 1 amide bonds. The smallest absolute Gasteiger partial charge is 0.228 e. The van der Waals surface area contributed by atoms with Gasteiger partial charge in [0.25, 0.3) is 0 Å². The molecule has 0 unspecified atom stereocenters. The van der Waals surface area contributed by atoms with Crippen LogP contribution in [-0.4, -0.2) is 43.4 Å². The fourth-order valence-corrected chi connectivity index (χ4v) is 3.84. The Labute approximate surface area is 143 Å². The molecule has 3 aromatic rings. The van der Waals surface area contributed by atoms with Crippen molar-refractivity contribution in [1.82, 2.24) is 24.4 Å². The van der Waals surface area contributed by atoms with Gasteiger partial charge in [0.1, 0.15) is 0 Å². The van der Waals surface area contributed by atoms with E-state index in [-0.39, 0.29) is 11.8 Å². The first-order valence-electron chi connectivity index (χ1n) is 8.24. The van der Waals surface area contributed by atoms with Crippen molar-refractivity contribution >= 4 is 22.2 Å². The Morgan fingerprint density at radius 2 is 2.38 bits per heavy atom. The second kappa shape index (κ2) is 6.35. The Morgan fingerprint density at radius 3 is 3.17 bits per heavy atom. The fraction of sp³-hybridized carbons (Fsp3) is 0.500. The number of carbonyl (C=O) groups excluding carboxylic acids is 1. The number of hydrogen-bond donors (Lipinski definition) is 0. The van der Waals surface area contributed by atoms with E-state index in [1.54, 1.807) is 11.3 Å². The SMILES string of the molecule is CCc1nc([C@@H]2CCCN(C(=O)Cc3cn4ccsc4n3)C2)no1. The van der Waals surface area contributed by atoms with Crippen molar-refractivity contribution in [1.29, 1.82) is 0 Å². The third-order valence-corrected chi connectivity index (χ3v) is 5.17. The van der Waals surface area contributed by atoms with E-state index >= 15 is 0 Å². The van der Waals surface area contributed by atoms with Crippen molar-refractivity contribution in [3.63, 3.8) is 0 Å². The molecule has 1 atom stereocenters. The number of thiazole rings is 1. The van der Waals surface area contributed by atoms with Crippen LogP contribution in [0, 0.1) is 0 Å². The molecule has 7 nitrogen and oxygen atoms in total. The molecule has 3 aromatic heterocycles. The Kier molecular flexibility index (Phi) is 4.05. The highest BCUT2D eigenvalue weighted by Gasteiger charge is 2.28. The van der Waals surface area contributed by atoms with Gasteiger partial charge in [0.05, 0.1) is 12.1 Å². The van der Waals surface area contributed by atoms with Crippen molar-refractivity contribution in [2.75, 3.05) is 13.1 Å². The van der Waals surface area contributed by atoms with Gasteiger partial charge in [-0.1, -0.05) is 12.1 Å². The van der Waals surface area contributed by atoms with Gasteiger partial charge in [-0.25, -0.2) is 4.98 Å². The topological polar surface area (TPSA) is 76.5 Å². The molecule has 24 heavy (non-hydrogen) atoms. The maximum Gasteiger partial charge on any atom is 0.228 e. The third-order valence-electron chi connectivity index (χ3n) is 4.40. The first kappa shape index (κ1) is 15.3. The average molecular weight is 345 g/mol. The molecule has 1 saturated heterocycles. The van der Waals surface area contributed by atoms with Crippen LogP contribution < -0.4 is 0 Å². The second-order valence-electron chi connectivity index (χ2n) is 6.08. The predicted octanol–water partition coefficient (Wildman–Crippen LogP) is 2.29. The largest absolute Gasteiger partial charge is 0.342 e. The number of fused-ring (bicyclic) bond motifs is 1. The second-order valence-corrected chi connectivity index (χ2v) is 6.95. The summed E-state index contributed by atoms with van der Waals surface area (Å²) in [5.41, 5.74) is 0.821. The third kappa shape index (κ3) is 2.93. The van der Waals surface area contributed by atoms with Gasteiger partial charge in [-0.2, -0.15) is 4.98 Å². The van der Waals surface area contributed by atoms with E-state index < -0.39 is 0 Å². The Hall–Kier alpha value is -2.22. The lowest BCUT2D eigenvalue weighted by Gasteiger charge is -2.31. The summed E-state index contributed by atoms with van der Waals surface area (Å²) in [5.74, 6) is 1.67. The van der Waals surface area contributed by atoms with Gasteiger partial charge in [-0.05, 0) is 12.8 Å². The summed E-state index contributed by atoms with van der Waals surface area (Å²) in [7, 11) is 0. The lowest BCUT2D eigenvalue weighted by atomic mass is 9.97. The van der Waals surface area contributed by atoms with Crippen LogP contribution in [0.2, 0.25) is 0 Å². The quantitative estimate of drug-likeness (QED) is 0.725. The van der Waals surface area contributed by atoms with Gasteiger partial charge in [0.15, 0.2) is 10.8 Å². The molecular formula is C16H19N5O2S. The van der Waals surface area contributed by atoms with Crippen molar-refractivity contribution in [3.8, 4) is 0 Å². The molecule has 0 bridgehead atoms. The molecule has 126 valence electrons. The Bertz CT molecular complexity index is 823. The summed E-state index contributed by atoms with van der Waals surface area (Å²) >= 11 is 1.57. The van der Waals surface area contributed by atoms with Gasteiger partial charge in [-0.15, -0.1) is 11.3 Å². The zero-order valence-corrected chi connectivity index (χ0v) is 14.3. The maximum absolute atomic E-state index is 12.6. The molecule has 0 radical (unpaired) electrons. The van der Waals surface area contributed by atoms with Gasteiger partial charge < -0.3 is 9.42 Å². The predicted molar refractivity (Wildman–Crippen MR) is 89.0 cm³/mol. The highest BCUT2D eigenvalue weighted by molar-refractivity contribution is 7.15. The van der Waals surface area contributed by atoms with Crippen LogP contribution in [0.25, 0.3) is 4.96 Å². The van der Waals surface area contributed by atoms with E-state index in [4.69, 9.17) is 4.52 Å². The van der Waals surface area contributed by atoms with Gasteiger partial charge in [-0.3, -0.25) is 9.20 Å². The number of piperidine rings is 1. The zero-order valence-electron chi connectivity index (χ0n) is 13.5. The summed E-state index contributed by atoms with van der Waals surface area (Å²) in [6.45, 7) is 3.43. The number of nitrogens with zero attached hydrogens (tertiary/aromatic N) is 5. The minimum absolute atomic E-state index is 0.115. The average Bonchev–Trinajstić information content (AvgIpc) is 3.30. The highest BCUT2D eigenvalue weighted by Crippen LogP contribution is 2.25. The molecule has 8 heteroatoms. The molecule has 0 N–H and O–H groups in total. The zero-order chi connectivity index (χ0) is 16.5. The summed E-state index contributed by atoms with van der Waals surface area (Å²) in [5, 5.41) is 6.06. The Morgan fingerprint density at radius 1 is 1.46 bits per heavy atom. The van der Waals surface area contributed by atoms with Crippen molar-refractivity contribution in [2.45, 2.75) is 38.5 Å². The van der Waals surface area contributed by atoms with E-state index in [9.17, 15) is 4.79 Å². The highest BCUT2D eigenvalue weighted by atomic mass is 32.1. The van der Waals surface area contributed by atoms with Gasteiger partial charge >= 0.3 is 0 Å². The van der Waals surface area contributed by atoms with Crippen molar-refractivity contribution < 1.29 is 9.32 Å². The van der Waals surface area contributed by atoms with Crippen molar-refractivity contribution in [2.24, 2.45) is 0 Å². The number of likely N-dealkylation sites (tertiary alicyclic amines) is 1. The lowest BCUT2D eigenvalue weighted by molar-refractivity contribution is -0.131. The maximum atomic E-state index is 12.6. The van der Waals surface area contributed by atoms with Crippen LogP contribution in [0.4, 0.5) is 0 Å². The normalized spacial score (nSPS) is 18.4. The molecule has 0 aliphatic carbocycles. The Balaban J connectivity index is 1.43. The molecule has 1 aliphatic rings. The monoisotopic (exact) mass is 345 g/mol. The minimum atomic E-state index is 0.115. The van der Waals surface area contributed by atoms with Crippen LogP contribution in [0.1, 0.15) is 43.1 Å². The van der Waals surface area contributed by atoms with Crippen LogP contribution in [-0.2, 0) is 17.6 Å². The number of rotatable bonds is 4. The van der Waals surface area contributed by atoms with E-state index in [0.717, 1.165) is 42.3 Å². The van der Waals surface area contributed by atoms with Crippen LogP contribution in [0.5, 0.6) is 0 Å². The number of aromatic nitrogens is 4. The fourth-order valence-electron chi connectivity index (χ4n) is 3.12. The summed E-state index contributed by atoms with van der Waals surface area (Å²) in [6, 6.07) is 0. The van der Waals surface area contributed by atoms with E-state index in [1.165, 1.54) is 0 Å². The number of carbonyl (C=O) groups is 1. The lowest BCUT2D eigenvalue weighted by Crippen LogP contribution is -2.40. The van der Waals surface area contributed by atoms with Gasteiger partial charge in [0.2, 0.25) is 11.8 Å². The molecule has 0 saturated carbocycles. The molecule has 0 spiro atoms. The van der Waals surface area contributed by atoms with Crippen LogP contribution in [0.3, 0.4) is 0 Å². The van der Waals surface area contributed by atoms with E-state index in [1.807, 2.05) is 34.0 Å². The molecule has 1 fully saturated rings. The molecule has 0 aromatic carbocycles. The van der Waals surface area contributed by atoms with Crippen LogP contribution >= 0.6 is 11.3 Å². The number of hydrogen-bond acceptors (Lipinski definition) is 6. The first-order valence-corrected chi connectivity index (χ1v) is 9.12. The molecule has 4 heterocycles. The standard InChI is InChI=1S/C16H19N5O2S/c1-2-13-18-15(19-23-13)11-4-3-5-20(9-11)14(22)8-12-10-21-6-7-24-16(21)17-12/h6-7,10-11H,2-5,8-9H2,1H3/t11-/m1/s1. The number of imidazole rings is 1. The summed E-state index contributed by atoms with van der Waals surface area (Å²) in [6.07, 6.45) is 6.92.